The van der Waals surface area contributed by atoms with Gasteiger partial charge in [-0.05, 0) is 25.0 Å². The predicted octanol–water partition coefficient (Wildman–Crippen LogP) is 2.15. The molecular weight excluding hydrogens is 322 g/mol. The summed E-state index contributed by atoms with van der Waals surface area (Å²) in [6.07, 6.45) is 4.56. The number of nitro benzene ring substituents is 1. The molecule has 3 rings (SSSR count). The second kappa shape index (κ2) is 6.91. The number of aliphatic hydroxyl groups excluding tert-OH is 1. The molecule has 2 atom stereocenters. The standard InChI is InChI=1S/C17H19N5O3/c1-20-8-6-19-17(20)16(23)12-3-2-7-21(11-12)14-4-5-15(22(24)25)13(9-14)10-18/h4-6,8-9,12,16,23H,2-3,7,11H2,1H3/t12-,16-/m1/s1. The van der Waals surface area contributed by atoms with Gasteiger partial charge in [0, 0.05) is 50.2 Å². The Labute approximate surface area is 145 Å². The van der Waals surface area contributed by atoms with E-state index in [1.807, 2.05) is 17.7 Å². The molecule has 0 saturated carbocycles. The number of aryl methyl sites for hydroxylation is 1. The van der Waals surface area contributed by atoms with Gasteiger partial charge in [0.2, 0.25) is 0 Å². The molecule has 1 saturated heterocycles. The van der Waals surface area contributed by atoms with Gasteiger partial charge in [0.25, 0.3) is 5.69 Å². The molecule has 1 aromatic carbocycles. The molecule has 2 heterocycles. The van der Waals surface area contributed by atoms with Crippen LogP contribution in [0.25, 0.3) is 0 Å². The molecule has 1 aliphatic heterocycles. The summed E-state index contributed by atoms with van der Waals surface area (Å²) in [6.45, 7) is 1.39. The van der Waals surface area contributed by atoms with Crippen LogP contribution in [0.15, 0.2) is 30.6 Å². The normalized spacial score (nSPS) is 18.6. The monoisotopic (exact) mass is 341 g/mol. The summed E-state index contributed by atoms with van der Waals surface area (Å²) < 4.78 is 1.81. The zero-order valence-corrected chi connectivity index (χ0v) is 13.9. The molecule has 1 N–H and O–H groups in total. The lowest BCUT2D eigenvalue weighted by atomic mass is 9.91. The highest BCUT2D eigenvalue weighted by molar-refractivity contribution is 5.60. The minimum Gasteiger partial charge on any atom is -0.385 e. The van der Waals surface area contributed by atoms with Crippen LogP contribution >= 0.6 is 0 Å². The summed E-state index contributed by atoms with van der Waals surface area (Å²) in [5.41, 5.74) is 0.626. The van der Waals surface area contributed by atoms with Gasteiger partial charge >= 0.3 is 0 Å². The molecule has 8 heteroatoms. The summed E-state index contributed by atoms with van der Waals surface area (Å²) in [5.74, 6) is 0.642. The van der Waals surface area contributed by atoms with Crippen molar-refractivity contribution in [2.45, 2.75) is 18.9 Å². The van der Waals surface area contributed by atoms with Crippen molar-refractivity contribution in [1.29, 1.82) is 5.26 Å². The summed E-state index contributed by atoms with van der Waals surface area (Å²) in [7, 11) is 1.85. The van der Waals surface area contributed by atoms with Gasteiger partial charge in [-0.1, -0.05) is 0 Å². The maximum Gasteiger partial charge on any atom is 0.287 e. The van der Waals surface area contributed by atoms with Crippen molar-refractivity contribution in [3.8, 4) is 6.07 Å². The third-order valence-electron chi connectivity index (χ3n) is 4.69. The number of aromatic nitrogens is 2. The number of hydrogen-bond donors (Lipinski definition) is 1. The van der Waals surface area contributed by atoms with Crippen LogP contribution in [0.1, 0.15) is 30.3 Å². The Morgan fingerprint density at radius 2 is 2.32 bits per heavy atom. The van der Waals surface area contributed by atoms with E-state index in [0.29, 0.717) is 12.4 Å². The molecule has 2 aromatic rings. The van der Waals surface area contributed by atoms with Crippen molar-refractivity contribution in [3.05, 3.63) is 52.1 Å². The van der Waals surface area contributed by atoms with E-state index in [1.54, 1.807) is 24.5 Å². The molecule has 8 nitrogen and oxygen atoms in total. The van der Waals surface area contributed by atoms with E-state index >= 15 is 0 Å². The van der Waals surface area contributed by atoms with Gasteiger partial charge in [-0.25, -0.2) is 4.98 Å². The van der Waals surface area contributed by atoms with E-state index in [9.17, 15) is 15.2 Å². The molecule has 25 heavy (non-hydrogen) atoms. The maximum atomic E-state index is 11.0. The fraction of sp³-hybridized carbons (Fsp3) is 0.412. The molecule has 1 aromatic heterocycles. The van der Waals surface area contributed by atoms with Crippen molar-refractivity contribution < 1.29 is 10.0 Å². The maximum absolute atomic E-state index is 11.0. The molecule has 0 radical (unpaired) electrons. The fourth-order valence-corrected chi connectivity index (χ4v) is 3.34. The second-order valence-corrected chi connectivity index (χ2v) is 6.26. The Morgan fingerprint density at radius 3 is 2.96 bits per heavy atom. The Balaban J connectivity index is 1.81. The number of aliphatic hydroxyl groups is 1. The highest BCUT2D eigenvalue weighted by Crippen LogP contribution is 2.32. The highest BCUT2D eigenvalue weighted by Gasteiger charge is 2.29. The highest BCUT2D eigenvalue weighted by atomic mass is 16.6. The van der Waals surface area contributed by atoms with Crippen LogP contribution in [0.3, 0.4) is 0 Å². The smallest absolute Gasteiger partial charge is 0.287 e. The number of nitrogens with zero attached hydrogens (tertiary/aromatic N) is 5. The van der Waals surface area contributed by atoms with Gasteiger partial charge in [-0.2, -0.15) is 5.26 Å². The minimum absolute atomic E-state index is 0.00979. The lowest BCUT2D eigenvalue weighted by molar-refractivity contribution is -0.385. The van der Waals surface area contributed by atoms with Gasteiger partial charge in [0.15, 0.2) is 0 Å². The minimum atomic E-state index is -0.670. The zero-order chi connectivity index (χ0) is 18.0. The topological polar surface area (TPSA) is 108 Å². The van der Waals surface area contributed by atoms with Crippen LogP contribution in [-0.4, -0.2) is 32.7 Å². The van der Waals surface area contributed by atoms with Crippen molar-refractivity contribution >= 4 is 11.4 Å². The number of hydrogen-bond acceptors (Lipinski definition) is 6. The molecule has 0 bridgehead atoms. The number of nitriles is 1. The number of nitro groups is 1. The molecule has 0 amide bonds. The summed E-state index contributed by atoms with van der Waals surface area (Å²) in [6, 6.07) is 6.47. The second-order valence-electron chi connectivity index (χ2n) is 6.26. The van der Waals surface area contributed by atoms with E-state index in [0.717, 1.165) is 25.1 Å². The summed E-state index contributed by atoms with van der Waals surface area (Å²) in [5, 5.41) is 30.8. The third kappa shape index (κ3) is 3.32. The van der Waals surface area contributed by atoms with Crippen LogP contribution in [0.5, 0.6) is 0 Å². The summed E-state index contributed by atoms with van der Waals surface area (Å²) >= 11 is 0. The SMILES string of the molecule is Cn1ccnc1[C@H](O)[C@@H]1CCCN(c2ccc([N+](=O)[O-])c(C#N)c2)C1. The van der Waals surface area contributed by atoms with Gasteiger partial charge < -0.3 is 14.6 Å². The van der Waals surface area contributed by atoms with Crippen LogP contribution in [0.4, 0.5) is 11.4 Å². The largest absolute Gasteiger partial charge is 0.385 e. The first-order valence-corrected chi connectivity index (χ1v) is 8.10. The molecule has 130 valence electrons. The van der Waals surface area contributed by atoms with Crippen molar-refractivity contribution in [2.24, 2.45) is 13.0 Å². The first-order chi connectivity index (χ1) is 12.0. The number of benzene rings is 1. The summed E-state index contributed by atoms with van der Waals surface area (Å²) in [4.78, 5) is 16.7. The number of anilines is 1. The van der Waals surface area contributed by atoms with Crippen LogP contribution in [-0.2, 0) is 7.05 Å². The van der Waals surface area contributed by atoms with Crippen molar-refractivity contribution in [3.63, 3.8) is 0 Å². The molecule has 0 unspecified atom stereocenters. The zero-order valence-electron chi connectivity index (χ0n) is 13.9. The molecule has 0 aliphatic carbocycles. The molecule has 1 aliphatic rings. The Morgan fingerprint density at radius 1 is 1.52 bits per heavy atom. The van der Waals surface area contributed by atoms with Crippen molar-refractivity contribution in [1.82, 2.24) is 9.55 Å². The quantitative estimate of drug-likeness (QED) is 0.674. The van der Waals surface area contributed by atoms with Crippen LogP contribution < -0.4 is 4.90 Å². The average molecular weight is 341 g/mol. The van der Waals surface area contributed by atoms with Crippen LogP contribution in [0, 0.1) is 27.4 Å². The first kappa shape index (κ1) is 16.9. The number of rotatable bonds is 4. The molecule has 1 fully saturated rings. The van der Waals surface area contributed by atoms with E-state index in [1.165, 1.54) is 6.07 Å². The number of piperidine rings is 1. The lowest BCUT2D eigenvalue weighted by Crippen LogP contribution is -2.38. The first-order valence-electron chi connectivity index (χ1n) is 8.10. The van der Waals surface area contributed by atoms with Gasteiger partial charge in [-0.15, -0.1) is 0 Å². The van der Waals surface area contributed by atoms with E-state index in [-0.39, 0.29) is 17.2 Å². The van der Waals surface area contributed by atoms with Crippen molar-refractivity contribution in [2.75, 3.05) is 18.0 Å². The van der Waals surface area contributed by atoms with Gasteiger partial charge in [-0.3, -0.25) is 10.1 Å². The number of imidazole rings is 1. The predicted molar refractivity (Wildman–Crippen MR) is 90.9 cm³/mol. The van der Waals surface area contributed by atoms with Crippen LogP contribution in [0.2, 0.25) is 0 Å². The molecular formula is C17H19N5O3. The third-order valence-corrected chi connectivity index (χ3v) is 4.69. The lowest BCUT2D eigenvalue weighted by Gasteiger charge is -2.36. The van der Waals surface area contributed by atoms with E-state index < -0.39 is 11.0 Å². The van der Waals surface area contributed by atoms with Gasteiger partial charge in [0.1, 0.15) is 23.6 Å². The Hall–Kier alpha value is -2.92. The van der Waals surface area contributed by atoms with E-state index in [2.05, 4.69) is 9.88 Å². The fourth-order valence-electron chi connectivity index (χ4n) is 3.34. The van der Waals surface area contributed by atoms with E-state index in [4.69, 9.17) is 5.26 Å². The van der Waals surface area contributed by atoms with Gasteiger partial charge in [0.05, 0.1) is 4.92 Å². The Bertz CT molecular complexity index is 826. The molecule has 0 spiro atoms. The average Bonchev–Trinajstić information content (AvgIpc) is 3.06. The Kier molecular flexibility index (Phi) is 4.67.